The van der Waals surface area contributed by atoms with Gasteiger partial charge in [0.2, 0.25) is 5.91 Å². The highest BCUT2D eigenvalue weighted by atomic mass is 32.1. The Bertz CT molecular complexity index is 1160. The largest absolute Gasteiger partial charge is 0.360 e. The van der Waals surface area contributed by atoms with Crippen molar-refractivity contribution in [2.45, 2.75) is 20.4 Å². The fourth-order valence-electron chi connectivity index (χ4n) is 2.57. The molecule has 8 nitrogen and oxygen atoms in total. The molecule has 2 rings (SSSR count). The standard InChI is InChI=1S/C20H22FN5O3S/c1-4-26-19(29)17(30-20(26)16(11-22)18(28)23-9-8-21)12-24-14-6-5-7-15(10-14)25(3)13(2)27/h5-7,10,12,24H,4,8-9H2,1-3H3,(H,23,28). The molecule has 1 heterocycles. The molecule has 1 aromatic carbocycles. The average molecular weight is 431 g/mol. The van der Waals surface area contributed by atoms with Crippen LogP contribution in [0, 0.1) is 11.3 Å². The third kappa shape index (κ3) is 5.12. The SMILES string of the molecule is CCn1c(=C(C#N)C(=O)NCCF)sc(=CNc2cccc(N(C)C(C)=O)c2)c1=O. The number of benzene rings is 1. The van der Waals surface area contributed by atoms with E-state index in [1.54, 1.807) is 38.2 Å². The molecule has 0 aliphatic rings. The van der Waals surface area contributed by atoms with Gasteiger partial charge in [0, 0.05) is 44.6 Å². The Kier molecular flexibility index (Phi) is 7.89. The lowest BCUT2D eigenvalue weighted by Gasteiger charge is -2.15. The summed E-state index contributed by atoms with van der Waals surface area (Å²) in [5, 5.41) is 14.7. The van der Waals surface area contributed by atoms with Gasteiger partial charge in [0.1, 0.15) is 21.9 Å². The zero-order valence-electron chi connectivity index (χ0n) is 16.9. The van der Waals surface area contributed by atoms with Crippen molar-refractivity contribution in [3.8, 4) is 6.07 Å². The van der Waals surface area contributed by atoms with Gasteiger partial charge in [-0.2, -0.15) is 5.26 Å². The van der Waals surface area contributed by atoms with Gasteiger partial charge in [0.25, 0.3) is 11.5 Å². The minimum absolute atomic E-state index is 0.115. The van der Waals surface area contributed by atoms with Gasteiger partial charge in [-0.3, -0.25) is 19.0 Å². The first-order valence-corrected chi connectivity index (χ1v) is 9.95. The van der Waals surface area contributed by atoms with E-state index in [2.05, 4.69) is 10.6 Å². The molecule has 2 aromatic rings. The van der Waals surface area contributed by atoms with Crippen LogP contribution in [0.4, 0.5) is 15.8 Å². The maximum absolute atomic E-state index is 12.7. The molecule has 0 radical (unpaired) electrons. The third-order valence-electron chi connectivity index (χ3n) is 4.23. The van der Waals surface area contributed by atoms with Crippen LogP contribution >= 0.6 is 11.3 Å². The molecule has 0 saturated heterocycles. The molecule has 2 N–H and O–H groups in total. The number of thiazole rings is 1. The summed E-state index contributed by atoms with van der Waals surface area (Å²) in [4.78, 5) is 37.9. The van der Waals surface area contributed by atoms with Crippen LogP contribution in [0.15, 0.2) is 29.1 Å². The Morgan fingerprint density at radius 3 is 2.73 bits per heavy atom. The molecule has 30 heavy (non-hydrogen) atoms. The number of nitrogens with zero attached hydrogens (tertiary/aromatic N) is 3. The number of alkyl halides is 1. The zero-order chi connectivity index (χ0) is 22.3. The van der Waals surface area contributed by atoms with Gasteiger partial charge in [-0.05, 0) is 25.1 Å². The van der Waals surface area contributed by atoms with Gasteiger partial charge in [-0.25, -0.2) is 4.39 Å². The van der Waals surface area contributed by atoms with Crippen molar-refractivity contribution >= 4 is 46.3 Å². The van der Waals surface area contributed by atoms with E-state index in [9.17, 15) is 24.0 Å². The number of amides is 2. The Labute approximate surface area is 176 Å². The molecule has 1 aromatic heterocycles. The highest BCUT2D eigenvalue weighted by Crippen LogP contribution is 2.18. The first-order chi connectivity index (χ1) is 14.3. The summed E-state index contributed by atoms with van der Waals surface area (Å²) in [6.45, 7) is 2.48. The first kappa shape index (κ1) is 22.8. The molecule has 10 heteroatoms. The van der Waals surface area contributed by atoms with Gasteiger partial charge in [0.15, 0.2) is 5.57 Å². The molecule has 158 valence electrons. The van der Waals surface area contributed by atoms with E-state index in [4.69, 9.17) is 0 Å². The maximum atomic E-state index is 12.7. The first-order valence-electron chi connectivity index (χ1n) is 9.13. The van der Waals surface area contributed by atoms with E-state index in [0.717, 1.165) is 11.3 Å². The molecule has 0 fully saturated rings. The molecule has 2 amide bonds. The number of halogens is 1. The number of carbonyl (C=O) groups is 2. The number of hydrogen-bond acceptors (Lipinski definition) is 6. The lowest BCUT2D eigenvalue weighted by Crippen LogP contribution is -2.35. The molecule has 0 unspecified atom stereocenters. The van der Waals surface area contributed by atoms with Gasteiger partial charge in [-0.15, -0.1) is 11.3 Å². The van der Waals surface area contributed by atoms with Crippen LogP contribution in [0.5, 0.6) is 0 Å². The molecule has 0 bridgehead atoms. The van der Waals surface area contributed by atoms with E-state index < -0.39 is 12.6 Å². The molecular formula is C20H22FN5O3S. The quantitative estimate of drug-likeness (QED) is 0.665. The molecule has 0 aliphatic carbocycles. The van der Waals surface area contributed by atoms with Crippen LogP contribution in [0.25, 0.3) is 11.8 Å². The molecule has 0 saturated carbocycles. The number of nitriles is 1. The minimum Gasteiger partial charge on any atom is -0.360 e. The van der Waals surface area contributed by atoms with Gasteiger partial charge in [-0.1, -0.05) is 6.07 Å². The van der Waals surface area contributed by atoms with Crippen LogP contribution in [0.2, 0.25) is 0 Å². The number of rotatable bonds is 7. The van der Waals surface area contributed by atoms with Crippen molar-refractivity contribution in [3.05, 3.63) is 43.8 Å². The summed E-state index contributed by atoms with van der Waals surface area (Å²) in [6, 6.07) is 8.89. The van der Waals surface area contributed by atoms with E-state index in [0.29, 0.717) is 15.9 Å². The van der Waals surface area contributed by atoms with Crippen LogP contribution in [0.3, 0.4) is 0 Å². The lowest BCUT2D eigenvalue weighted by molar-refractivity contribution is -0.116. The van der Waals surface area contributed by atoms with Crippen molar-refractivity contribution < 1.29 is 14.0 Å². The second kappa shape index (κ2) is 10.4. The maximum Gasteiger partial charge on any atom is 0.270 e. The van der Waals surface area contributed by atoms with E-state index in [1.165, 1.54) is 22.6 Å². The monoisotopic (exact) mass is 431 g/mol. The Morgan fingerprint density at radius 1 is 1.40 bits per heavy atom. The van der Waals surface area contributed by atoms with Gasteiger partial charge in [0.05, 0.1) is 0 Å². The summed E-state index contributed by atoms with van der Waals surface area (Å²) in [7, 11) is 1.66. The summed E-state index contributed by atoms with van der Waals surface area (Å²) >= 11 is 0.994. The number of nitrogens with one attached hydrogen (secondary N) is 2. The zero-order valence-corrected chi connectivity index (χ0v) is 17.7. The predicted molar refractivity (Wildman–Crippen MR) is 115 cm³/mol. The topological polar surface area (TPSA) is 107 Å². The van der Waals surface area contributed by atoms with Crippen molar-refractivity contribution in [3.63, 3.8) is 0 Å². The minimum atomic E-state index is -0.754. The Balaban J connectivity index is 2.49. The van der Waals surface area contributed by atoms with Crippen LogP contribution in [-0.4, -0.2) is 36.6 Å². The van der Waals surface area contributed by atoms with Gasteiger partial charge >= 0.3 is 0 Å². The average Bonchev–Trinajstić information content (AvgIpc) is 3.05. The lowest BCUT2D eigenvalue weighted by atomic mass is 10.2. The van der Waals surface area contributed by atoms with E-state index in [1.807, 2.05) is 6.07 Å². The number of anilines is 2. The molecule has 0 atom stereocenters. The van der Waals surface area contributed by atoms with Gasteiger partial charge < -0.3 is 15.5 Å². The van der Waals surface area contributed by atoms with Crippen LogP contribution < -0.4 is 30.3 Å². The van der Waals surface area contributed by atoms with Crippen LogP contribution in [-0.2, 0) is 16.1 Å². The van der Waals surface area contributed by atoms with Crippen molar-refractivity contribution in [2.75, 3.05) is 30.5 Å². The van der Waals surface area contributed by atoms with E-state index >= 15 is 0 Å². The van der Waals surface area contributed by atoms with Crippen molar-refractivity contribution in [2.24, 2.45) is 0 Å². The number of carbonyl (C=O) groups excluding carboxylic acids is 2. The fraction of sp³-hybridized carbons (Fsp3) is 0.300. The van der Waals surface area contributed by atoms with E-state index in [-0.39, 0.29) is 34.8 Å². The fourth-order valence-corrected chi connectivity index (χ4v) is 3.66. The predicted octanol–water partition coefficient (Wildman–Crippen LogP) is 0.522. The highest BCUT2D eigenvalue weighted by molar-refractivity contribution is 7.07. The van der Waals surface area contributed by atoms with Crippen molar-refractivity contribution in [1.82, 2.24) is 9.88 Å². The Morgan fingerprint density at radius 2 is 2.13 bits per heavy atom. The molecule has 0 aliphatic heterocycles. The van der Waals surface area contributed by atoms with Crippen molar-refractivity contribution in [1.29, 1.82) is 5.26 Å². The summed E-state index contributed by atoms with van der Waals surface area (Å²) in [5.41, 5.74) is 0.747. The summed E-state index contributed by atoms with van der Waals surface area (Å²) < 4.78 is 14.2. The van der Waals surface area contributed by atoms with Crippen LogP contribution in [0.1, 0.15) is 13.8 Å². The highest BCUT2D eigenvalue weighted by Gasteiger charge is 2.15. The molecule has 0 spiro atoms. The second-order valence-corrected chi connectivity index (χ2v) is 7.20. The second-order valence-electron chi connectivity index (χ2n) is 6.17. The summed E-state index contributed by atoms with van der Waals surface area (Å²) in [6.07, 6.45) is 1.49. The summed E-state index contributed by atoms with van der Waals surface area (Å²) in [5.74, 6) is -0.839. The smallest absolute Gasteiger partial charge is 0.270 e. The number of aromatic nitrogens is 1. The molecular weight excluding hydrogens is 409 g/mol. The number of hydrogen-bond donors (Lipinski definition) is 2. The third-order valence-corrected chi connectivity index (χ3v) is 5.36. The Hall–Kier alpha value is -3.45. The normalized spacial score (nSPS) is 12.2.